The minimum atomic E-state index is 0.00528. The molecule has 6 aromatic carbocycles. The van der Waals surface area contributed by atoms with Crippen LogP contribution in [-0.4, -0.2) is 0 Å². The Hall–Kier alpha value is -5.08. The van der Waals surface area contributed by atoms with E-state index < -0.39 is 0 Å². The monoisotopic (exact) mass is 640 g/mol. The van der Waals surface area contributed by atoms with Crippen LogP contribution >= 0.6 is 0 Å². The number of hydrogen-bond acceptors (Lipinski definition) is 2. The number of aryl methyl sites for hydroxylation is 4. The lowest BCUT2D eigenvalue weighted by Crippen LogP contribution is -2.30. The number of benzene rings is 6. The standard InChI is InChI=1S/C47H48N2/c1-5-38-15-27-44(28-16-38)49(43-25-13-37(4)14-26-43)46-31-19-40(20-32-46)47(33-7-6-8-34-47)39-17-29-45(30-18-39)48(41-21-9-35(2)10-22-41)42-23-11-36(3)12-24-42/h9-32H,5-8,33-34H2,1-4H3. The molecule has 1 aliphatic rings. The van der Waals surface area contributed by atoms with Gasteiger partial charge in [0.05, 0.1) is 0 Å². The first-order valence-corrected chi connectivity index (χ1v) is 18.0. The van der Waals surface area contributed by atoms with Crippen LogP contribution in [0.5, 0.6) is 0 Å². The van der Waals surface area contributed by atoms with E-state index in [1.807, 2.05) is 0 Å². The van der Waals surface area contributed by atoms with Crippen LogP contribution in [0, 0.1) is 20.8 Å². The lowest BCUT2D eigenvalue weighted by molar-refractivity contribution is 0.346. The molecule has 1 aliphatic carbocycles. The van der Waals surface area contributed by atoms with Crippen molar-refractivity contribution < 1.29 is 0 Å². The summed E-state index contributed by atoms with van der Waals surface area (Å²) in [7, 11) is 0. The lowest BCUT2D eigenvalue weighted by Gasteiger charge is -2.39. The molecule has 0 aromatic heterocycles. The molecule has 0 aliphatic heterocycles. The molecule has 0 unspecified atom stereocenters. The predicted octanol–water partition coefficient (Wildman–Crippen LogP) is 13.4. The van der Waals surface area contributed by atoms with Crippen molar-refractivity contribution >= 4 is 34.1 Å². The molecule has 0 N–H and O–H groups in total. The van der Waals surface area contributed by atoms with Gasteiger partial charge in [-0.2, -0.15) is 0 Å². The molecule has 0 atom stereocenters. The van der Waals surface area contributed by atoms with Crippen LogP contribution in [0.3, 0.4) is 0 Å². The lowest BCUT2D eigenvalue weighted by atomic mass is 9.65. The van der Waals surface area contributed by atoms with Gasteiger partial charge in [0.25, 0.3) is 0 Å². The summed E-state index contributed by atoms with van der Waals surface area (Å²) in [6.45, 7) is 8.66. The number of anilines is 6. The topological polar surface area (TPSA) is 6.48 Å². The summed E-state index contributed by atoms with van der Waals surface area (Å²) in [5, 5.41) is 0. The Kier molecular flexibility index (Phi) is 9.40. The number of rotatable bonds is 9. The second-order valence-corrected chi connectivity index (χ2v) is 13.9. The van der Waals surface area contributed by atoms with Crippen molar-refractivity contribution in [2.45, 2.75) is 71.6 Å². The van der Waals surface area contributed by atoms with E-state index in [-0.39, 0.29) is 5.41 Å². The van der Waals surface area contributed by atoms with E-state index in [4.69, 9.17) is 0 Å². The smallest absolute Gasteiger partial charge is 0.0461 e. The van der Waals surface area contributed by atoms with Crippen LogP contribution < -0.4 is 9.80 Å². The van der Waals surface area contributed by atoms with Crippen molar-refractivity contribution in [2.75, 3.05) is 9.80 Å². The largest absolute Gasteiger partial charge is 0.311 e. The van der Waals surface area contributed by atoms with Crippen LogP contribution in [0.2, 0.25) is 0 Å². The summed E-state index contributed by atoms with van der Waals surface area (Å²) in [4.78, 5) is 4.76. The van der Waals surface area contributed by atoms with E-state index in [0.29, 0.717) is 0 Å². The van der Waals surface area contributed by atoms with E-state index in [2.05, 4.69) is 183 Å². The van der Waals surface area contributed by atoms with Gasteiger partial charge in [0.15, 0.2) is 0 Å². The Morgan fingerprint density at radius 1 is 0.388 bits per heavy atom. The molecule has 6 aromatic rings. The fourth-order valence-corrected chi connectivity index (χ4v) is 7.62. The van der Waals surface area contributed by atoms with Crippen LogP contribution in [0.15, 0.2) is 146 Å². The zero-order valence-electron chi connectivity index (χ0n) is 29.5. The summed E-state index contributed by atoms with van der Waals surface area (Å²) >= 11 is 0. The number of nitrogens with zero attached hydrogens (tertiary/aromatic N) is 2. The highest BCUT2D eigenvalue weighted by atomic mass is 15.1. The molecule has 246 valence electrons. The molecule has 7 rings (SSSR count). The van der Waals surface area contributed by atoms with Gasteiger partial charge < -0.3 is 9.80 Å². The second kappa shape index (κ2) is 14.2. The van der Waals surface area contributed by atoms with Crippen molar-refractivity contribution in [3.05, 3.63) is 179 Å². The summed E-state index contributed by atoms with van der Waals surface area (Å²) in [6, 6.07) is 54.6. The number of hydrogen-bond donors (Lipinski definition) is 0. The van der Waals surface area contributed by atoms with Crippen LogP contribution in [0.1, 0.15) is 72.4 Å². The van der Waals surface area contributed by atoms with E-state index >= 15 is 0 Å². The molecule has 1 saturated carbocycles. The molecule has 0 heterocycles. The Labute approximate surface area is 293 Å². The van der Waals surface area contributed by atoms with Crippen molar-refractivity contribution in [1.82, 2.24) is 0 Å². The first-order chi connectivity index (χ1) is 23.9. The molecule has 0 spiro atoms. The molecule has 0 saturated heterocycles. The van der Waals surface area contributed by atoms with Gasteiger partial charge in [-0.3, -0.25) is 0 Å². The van der Waals surface area contributed by atoms with Gasteiger partial charge >= 0.3 is 0 Å². The third kappa shape index (κ3) is 6.78. The first kappa shape index (κ1) is 32.5. The van der Waals surface area contributed by atoms with Gasteiger partial charge in [-0.05, 0) is 130 Å². The summed E-state index contributed by atoms with van der Waals surface area (Å²) in [6.07, 6.45) is 7.19. The van der Waals surface area contributed by atoms with Gasteiger partial charge in [-0.25, -0.2) is 0 Å². The van der Waals surface area contributed by atoms with E-state index in [1.54, 1.807) is 0 Å². The zero-order valence-corrected chi connectivity index (χ0v) is 29.5. The molecule has 0 radical (unpaired) electrons. The highest BCUT2D eigenvalue weighted by Crippen LogP contribution is 2.47. The van der Waals surface area contributed by atoms with E-state index in [9.17, 15) is 0 Å². The predicted molar refractivity (Wildman–Crippen MR) is 210 cm³/mol. The average Bonchev–Trinajstić information content (AvgIpc) is 3.15. The van der Waals surface area contributed by atoms with E-state index in [0.717, 1.165) is 6.42 Å². The molecule has 2 heteroatoms. The van der Waals surface area contributed by atoms with Gasteiger partial charge in [0.2, 0.25) is 0 Å². The highest BCUT2D eigenvalue weighted by molar-refractivity contribution is 5.78. The Bertz CT molecular complexity index is 1900. The third-order valence-electron chi connectivity index (χ3n) is 10.5. The average molecular weight is 641 g/mol. The minimum Gasteiger partial charge on any atom is -0.311 e. The summed E-state index contributed by atoms with van der Waals surface area (Å²) in [5.41, 5.74) is 15.1. The van der Waals surface area contributed by atoms with E-state index in [1.165, 1.54) is 99.6 Å². The van der Waals surface area contributed by atoms with Crippen molar-refractivity contribution in [3.63, 3.8) is 0 Å². The summed E-state index contributed by atoms with van der Waals surface area (Å²) < 4.78 is 0. The quantitative estimate of drug-likeness (QED) is 0.155. The maximum atomic E-state index is 2.40. The molecular formula is C47H48N2. The Balaban J connectivity index is 1.25. The molecule has 0 bridgehead atoms. The Morgan fingerprint density at radius 3 is 0.980 bits per heavy atom. The molecule has 49 heavy (non-hydrogen) atoms. The Morgan fingerprint density at radius 2 is 0.673 bits per heavy atom. The second-order valence-electron chi connectivity index (χ2n) is 13.9. The third-order valence-corrected chi connectivity index (χ3v) is 10.5. The molecule has 0 amide bonds. The van der Waals surface area contributed by atoms with Crippen molar-refractivity contribution in [3.8, 4) is 0 Å². The maximum absolute atomic E-state index is 2.40. The summed E-state index contributed by atoms with van der Waals surface area (Å²) in [5.74, 6) is 0. The highest BCUT2D eigenvalue weighted by Gasteiger charge is 2.36. The van der Waals surface area contributed by atoms with Crippen molar-refractivity contribution in [1.29, 1.82) is 0 Å². The van der Waals surface area contributed by atoms with Gasteiger partial charge in [0.1, 0.15) is 0 Å². The van der Waals surface area contributed by atoms with Crippen LogP contribution in [-0.2, 0) is 11.8 Å². The fraction of sp³-hybridized carbons (Fsp3) is 0.234. The van der Waals surface area contributed by atoms with Gasteiger partial charge in [-0.15, -0.1) is 0 Å². The zero-order chi connectivity index (χ0) is 33.8. The fourth-order valence-electron chi connectivity index (χ4n) is 7.62. The van der Waals surface area contributed by atoms with Crippen LogP contribution in [0.25, 0.3) is 0 Å². The first-order valence-electron chi connectivity index (χ1n) is 18.0. The molecular weight excluding hydrogens is 593 g/mol. The van der Waals surface area contributed by atoms with Gasteiger partial charge in [0, 0.05) is 39.5 Å². The van der Waals surface area contributed by atoms with Crippen LogP contribution in [0.4, 0.5) is 34.1 Å². The maximum Gasteiger partial charge on any atom is 0.0461 e. The minimum absolute atomic E-state index is 0.00528. The van der Waals surface area contributed by atoms with Gasteiger partial charge in [-0.1, -0.05) is 116 Å². The SMILES string of the molecule is CCc1ccc(N(c2ccc(C)cc2)c2ccc(C3(c4ccc(N(c5ccc(C)cc5)c5ccc(C)cc5)cc4)CCCCC3)cc2)cc1. The van der Waals surface area contributed by atoms with Crippen molar-refractivity contribution in [2.24, 2.45) is 0 Å². The molecule has 1 fully saturated rings. The normalized spacial score (nSPS) is 14.0. The molecule has 2 nitrogen and oxygen atoms in total.